The van der Waals surface area contributed by atoms with E-state index >= 15 is 0 Å². The van der Waals surface area contributed by atoms with Gasteiger partial charge in [-0.05, 0) is 42.0 Å². The number of carbonyl (C=O) groups excluding carboxylic acids is 1. The molecule has 174 valence electrons. The molecule has 0 aliphatic rings. The van der Waals surface area contributed by atoms with Crippen molar-refractivity contribution in [2.75, 3.05) is 12.4 Å². The van der Waals surface area contributed by atoms with E-state index in [0.29, 0.717) is 28.2 Å². The van der Waals surface area contributed by atoms with Gasteiger partial charge in [0.25, 0.3) is 0 Å². The first-order valence-corrected chi connectivity index (χ1v) is 11.8. The van der Waals surface area contributed by atoms with Crippen molar-refractivity contribution < 1.29 is 13.9 Å². The van der Waals surface area contributed by atoms with E-state index in [4.69, 9.17) is 9.15 Å². The van der Waals surface area contributed by atoms with Crippen LogP contribution in [0.1, 0.15) is 10.8 Å². The highest BCUT2D eigenvalue weighted by molar-refractivity contribution is 8.00. The minimum Gasteiger partial charge on any atom is -0.497 e. The van der Waals surface area contributed by atoms with E-state index in [1.807, 2.05) is 89.5 Å². The first-order chi connectivity index (χ1) is 17.2. The van der Waals surface area contributed by atoms with Crippen molar-refractivity contribution in [2.45, 2.75) is 10.4 Å². The van der Waals surface area contributed by atoms with E-state index in [2.05, 4.69) is 15.5 Å². The maximum Gasteiger partial charge on any atom is 0.242 e. The van der Waals surface area contributed by atoms with E-state index in [-0.39, 0.29) is 5.91 Å². The summed E-state index contributed by atoms with van der Waals surface area (Å²) in [6.07, 6.45) is 1.60. The lowest BCUT2D eigenvalue weighted by Gasteiger charge is -2.18. The van der Waals surface area contributed by atoms with Crippen LogP contribution < -0.4 is 10.1 Å². The Balaban J connectivity index is 1.53. The van der Waals surface area contributed by atoms with Crippen LogP contribution in [-0.2, 0) is 4.79 Å². The summed E-state index contributed by atoms with van der Waals surface area (Å²) in [6.45, 7) is 0. The maximum absolute atomic E-state index is 13.6. The van der Waals surface area contributed by atoms with Crippen LogP contribution in [0.25, 0.3) is 17.3 Å². The molecule has 5 rings (SSSR count). The summed E-state index contributed by atoms with van der Waals surface area (Å²) in [5.41, 5.74) is 2.36. The summed E-state index contributed by atoms with van der Waals surface area (Å²) < 4.78 is 12.8. The molecule has 2 heterocycles. The molecule has 3 aromatic carbocycles. The van der Waals surface area contributed by atoms with Gasteiger partial charge in [0.05, 0.1) is 13.4 Å². The van der Waals surface area contributed by atoms with Crippen LogP contribution >= 0.6 is 11.8 Å². The monoisotopic (exact) mass is 482 g/mol. The van der Waals surface area contributed by atoms with Crippen LogP contribution in [0, 0.1) is 0 Å². The molecule has 1 unspecified atom stereocenters. The molecule has 35 heavy (non-hydrogen) atoms. The van der Waals surface area contributed by atoms with Gasteiger partial charge in [-0.25, -0.2) is 0 Å². The summed E-state index contributed by atoms with van der Waals surface area (Å²) in [5, 5.41) is 11.8. The number of ether oxygens (including phenoxy) is 1. The number of hydrogen-bond acceptors (Lipinski definition) is 6. The van der Waals surface area contributed by atoms with Gasteiger partial charge < -0.3 is 14.5 Å². The molecule has 7 nitrogen and oxygen atoms in total. The molecule has 8 heteroatoms. The smallest absolute Gasteiger partial charge is 0.242 e. The van der Waals surface area contributed by atoms with E-state index in [1.54, 1.807) is 25.5 Å². The average molecular weight is 483 g/mol. The Hall–Kier alpha value is -4.30. The number of carbonyl (C=O) groups is 1. The van der Waals surface area contributed by atoms with Gasteiger partial charge in [0.1, 0.15) is 11.0 Å². The van der Waals surface area contributed by atoms with Gasteiger partial charge in [-0.3, -0.25) is 9.36 Å². The first-order valence-electron chi connectivity index (χ1n) is 10.9. The molecule has 1 atom stereocenters. The van der Waals surface area contributed by atoms with Gasteiger partial charge >= 0.3 is 0 Å². The van der Waals surface area contributed by atoms with Crippen molar-refractivity contribution in [1.82, 2.24) is 14.8 Å². The number of methoxy groups -OCH3 is 1. The number of nitrogens with zero attached hydrogens (tertiary/aromatic N) is 3. The van der Waals surface area contributed by atoms with Crippen LogP contribution in [0.4, 0.5) is 5.69 Å². The van der Waals surface area contributed by atoms with Crippen molar-refractivity contribution >= 4 is 23.4 Å². The van der Waals surface area contributed by atoms with Crippen molar-refractivity contribution in [3.63, 3.8) is 0 Å². The van der Waals surface area contributed by atoms with Crippen molar-refractivity contribution in [3.8, 4) is 23.0 Å². The van der Waals surface area contributed by atoms with E-state index < -0.39 is 5.25 Å². The van der Waals surface area contributed by atoms with E-state index in [9.17, 15) is 4.79 Å². The molecule has 0 aliphatic heterocycles. The molecule has 0 bridgehead atoms. The second-order valence-corrected chi connectivity index (χ2v) is 8.66. The van der Waals surface area contributed by atoms with Crippen LogP contribution in [0.5, 0.6) is 5.75 Å². The highest BCUT2D eigenvalue weighted by Crippen LogP contribution is 2.38. The molecule has 0 spiro atoms. The number of amides is 1. The zero-order chi connectivity index (χ0) is 24.0. The van der Waals surface area contributed by atoms with Crippen LogP contribution in [0.3, 0.4) is 0 Å². The number of anilines is 1. The normalized spacial score (nSPS) is 11.7. The fourth-order valence-corrected chi connectivity index (χ4v) is 4.69. The van der Waals surface area contributed by atoms with Crippen molar-refractivity contribution in [2.24, 2.45) is 0 Å². The van der Waals surface area contributed by atoms with E-state index in [1.165, 1.54) is 11.8 Å². The van der Waals surface area contributed by atoms with Gasteiger partial charge in [0, 0.05) is 17.4 Å². The summed E-state index contributed by atoms with van der Waals surface area (Å²) in [7, 11) is 1.59. The average Bonchev–Trinajstić information content (AvgIpc) is 3.58. The number of para-hydroxylation sites is 1. The predicted octanol–water partition coefficient (Wildman–Crippen LogP) is 6.01. The molecular weight excluding hydrogens is 460 g/mol. The fraction of sp³-hybridized carbons (Fsp3) is 0.0741. The lowest BCUT2D eigenvalue weighted by molar-refractivity contribution is -0.115. The quantitative estimate of drug-likeness (QED) is 0.273. The van der Waals surface area contributed by atoms with Gasteiger partial charge in [0.15, 0.2) is 10.9 Å². The number of hydrogen-bond donors (Lipinski definition) is 1. The van der Waals surface area contributed by atoms with Crippen LogP contribution in [0.15, 0.2) is 113 Å². The highest BCUT2D eigenvalue weighted by atomic mass is 32.2. The van der Waals surface area contributed by atoms with Crippen LogP contribution in [0.2, 0.25) is 0 Å². The summed E-state index contributed by atoms with van der Waals surface area (Å²) in [5.74, 6) is 1.63. The van der Waals surface area contributed by atoms with Crippen LogP contribution in [-0.4, -0.2) is 27.8 Å². The number of rotatable bonds is 8. The zero-order valence-corrected chi connectivity index (χ0v) is 19.7. The topological polar surface area (TPSA) is 82.2 Å². The minimum absolute atomic E-state index is 0.184. The Kier molecular flexibility index (Phi) is 6.63. The Morgan fingerprint density at radius 3 is 2.43 bits per heavy atom. The number of thioether (sulfide) groups is 1. The van der Waals surface area contributed by atoms with Gasteiger partial charge in [-0.2, -0.15) is 0 Å². The standard InChI is InChI=1S/C27H22N4O3S/c1-33-22-15-8-12-20(18-22)28-26(32)24(19-10-4-2-5-11-19)35-27-30-29-25(23-16-9-17-34-23)31(27)21-13-6-3-7-14-21/h2-18,24H,1H3,(H,28,32). The molecule has 5 aromatic rings. The highest BCUT2D eigenvalue weighted by Gasteiger charge is 2.27. The number of aromatic nitrogens is 3. The van der Waals surface area contributed by atoms with Gasteiger partial charge in [-0.15, -0.1) is 10.2 Å². The Morgan fingerprint density at radius 2 is 1.71 bits per heavy atom. The predicted molar refractivity (Wildman–Crippen MR) is 136 cm³/mol. The number of furan rings is 1. The summed E-state index contributed by atoms with van der Waals surface area (Å²) >= 11 is 1.32. The molecular formula is C27H22N4O3S. The Bertz CT molecular complexity index is 1400. The van der Waals surface area contributed by atoms with Gasteiger partial charge in [-0.1, -0.05) is 66.4 Å². The number of nitrogens with one attached hydrogen (secondary N) is 1. The second kappa shape index (κ2) is 10.3. The zero-order valence-electron chi connectivity index (χ0n) is 18.9. The molecule has 0 radical (unpaired) electrons. The largest absolute Gasteiger partial charge is 0.497 e. The molecule has 1 amide bonds. The lowest BCUT2D eigenvalue weighted by Crippen LogP contribution is -2.19. The van der Waals surface area contributed by atoms with E-state index in [0.717, 1.165) is 11.3 Å². The molecule has 0 aliphatic carbocycles. The molecule has 0 fully saturated rings. The first kappa shape index (κ1) is 22.5. The van der Waals surface area contributed by atoms with Crippen molar-refractivity contribution in [1.29, 1.82) is 0 Å². The summed E-state index contributed by atoms with van der Waals surface area (Å²) in [6, 6.07) is 30.3. The molecule has 0 saturated heterocycles. The second-order valence-electron chi connectivity index (χ2n) is 7.58. The van der Waals surface area contributed by atoms with Crippen molar-refractivity contribution in [3.05, 3.63) is 109 Å². The maximum atomic E-state index is 13.6. The third kappa shape index (κ3) is 4.97. The molecule has 0 saturated carbocycles. The Labute approximate surface area is 206 Å². The van der Waals surface area contributed by atoms with Gasteiger partial charge in [0.2, 0.25) is 11.7 Å². The molecule has 2 aromatic heterocycles. The SMILES string of the molecule is COc1cccc(NC(=O)C(Sc2nnc(-c3ccco3)n2-c2ccccc2)c2ccccc2)c1. The molecule has 1 N–H and O–H groups in total. The third-order valence-corrected chi connectivity index (χ3v) is 6.49. The third-order valence-electron chi connectivity index (χ3n) is 5.29. The fourth-order valence-electron chi connectivity index (χ4n) is 3.64. The lowest BCUT2D eigenvalue weighted by atomic mass is 10.1. The number of benzene rings is 3. The Morgan fingerprint density at radius 1 is 0.943 bits per heavy atom. The minimum atomic E-state index is -0.585. The summed E-state index contributed by atoms with van der Waals surface area (Å²) in [4.78, 5) is 13.6.